The molecule has 0 aliphatic carbocycles. The third-order valence-corrected chi connectivity index (χ3v) is 6.54. The molecule has 0 aromatic heterocycles. The lowest BCUT2D eigenvalue weighted by molar-refractivity contribution is -0.384. The van der Waals surface area contributed by atoms with E-state index in [4.69, 9.17) is 0 Å². The smallest absolute Gasteiger partial charge is 0.269 e. The van der Waals surface area contributed by atoms with Gasteiger partial charge >= 0.3 is 0 Å². The molecule has 1 atom stereocenters. The second kappa shape index (κ2) is 11.0. The molecule has 0 spiro atoms. The number of nitro benzene ring substituents is 1. The normalized spacial score (nSPS) is 11.8. The second-order valence-electron chi connectivity index (χ2n) is 9.11. The summed E-state index contributed by atoms with van der Waals surface area (Å²) in [6.07, 6.45) is 3.98. The van der Waals surface area contributed by atoms with Crippen LogP contribution in [0, 0.1) is 10.1 Å². The number of fused-ring (bicyclic) bond motifs is 1. The molecule has 4 heteroatoms. The molecule has 35 heavy (non-hydrogen) atoms. The molecule has 0 bridgehead atoms. The van der Waals surface area contributed by atoms with E-state index in [0.29, 0.717) is 6.42 Å². The molecule has 4 aromatic carbocycles. The standard InChI is InChI=1S/C31H32N2O2/c1-4-5-9-27-17-14-25(20-24-15-18-28(19-16-24)33(34)35)21-31(27)23(3)32-22(2)29-13-8-11-26-10-6-7-12-30(26)29/h6-8,10-19,21-22,32H,3-5,9,20H2,1-2H3/t22-/m1/s1. The van der Waals surface area contributed by atoms with Crippen molar-refractivity contribution in [3.05, 3.63) is 129 Å². The van der Waals surface area contributed by atoms with E-state index in [0.717, 1.165) is 41.6 Å². The highest BCUT2D eigenvalue weighted by Gasteiger charge is 2.14. The number of nitrogens with zero attached hydrogens (tertiary/aromatic N) is 1. The van der Waals surface area contributed by atoms with E-state index in [1.54, 1.807) is 12.1 Å². The summed E-state index contributed by atoms with van der Waals surface area (Å²) in [5, 5.41) is 17.1. The monoisotopic (exact) mass is 464 g/mol. The zero-order chi connectivity index (χ0) is 24.8. The molecule has 0 amide bonds. The van der Waals surface area contributed by atoms with E-state index in [9.17, 15) is 10.1 Å². The minimum atomic E-state index is -0.364. The van der Waals surface area contributed by atoms with Gasteiger partial charge in [-0.15, -0.1) is 0 Å². The lowest BCUT2D eigenvalue weighted by Crippen LogP contribution is -2.18. The molecule has 0 heterocycles. The van der Waals surface area contributed by atoms with Crippen molar-refractivity contribution in [1.82, 2.24) is 5.32 Å². The summed E-state index contributed by atoms with van der Waals surface area (Å²) in [7, 11) is 0. The lowest BCUT2D eigenvalue weighted by atomic mass is 9.94. The Balaban J connectivity index is 1.59. The molecule has 0 saturated heterocycles. The Morgan fingerprint density at radius 3 is 2.43 bits per heavy atom. The first-order valence-electron chi connectivity index (χ1n) is 12.2. The molecule has 0 aliphatic heterocycles. The van der Waals surface area contributed by atoms with Crippen LogP contribution in [0.2, 0.25) is 0 Å². The first-order valence-corrected chi connectivity index (χ1v) is 12.2. The van der Waals surface area contributed by atoms with Crippen molar-refractivity contribution < 1.29 is 4.92 Å². The van der Waals surface area contributed by atoms with Crippen LogP contribution in [0.1, 0.15) is 60.5 Å². The van der Waals surface area contributed by atoms with Crippen LogP contribution in [0.25, 0.3) is 16.5 Å². The summed E-state index contributed by atoms with van der Waals surface area (Å²) in [4.78, 5) is 10.6. The maximum Gasteiger partial charge on any atom is 0.269 e. The Labute approximate surface area is 207 Å². The van der Waals surface area contributed by atoms with Crippen LogP contribution in [0.15, 0.2) is 91.5 Å². The maximum atomic E-state index is 11.0. The SMILES string of the molecule is C=C(N[C@H](C)c1cccc2ccccc12)c1cc(Cc2ccc([N+](=O)[O-])cc2)ccc1CCCC. The zero-order valence-corrected chi connectivity index (χ0v) is 20.5. The van der Waals surface area contributed by atoms with Crippen LogP contribution in [0.3, 0.4) is 0 Å². The molecule has 0 radical (unpaired) electrons. The Morgan fingerprint density at radius 1 is 0.971 bits per heavy atom. The largest absolute Gasteiger partial charge is 0.378 e. The van der Waals surface area contributed by atoms with Crippen molar-refractivity contribution in [2.45, 2.75) is 45.6 Å². The molecule has 1 N–H and O–H groups in total. The Hall–Kier alpha value is -3.92. The lowest BCUT2D eigenvalue weighted by Gasteiger charge is -2.22. The Morgan fingerprint density at radius 2 is 1.69 bits per heavy atom. The van der Waals surface area contributed by atoms with E-state index in [1.807, 2.05) is 12.1 Å². The molecule has 4 nitrogen and oxygen atoms in total. The van der Waals surface area contributed by atoms with Crippen LogP contribution < -0.4 is 5.32 Å². The van der Waals surface area contributed by atoms with Gasteiger partial charge < -0.3 is 5.32 Å². The Kier molecular flexibility index (Phi) is 7.61. The highest BCUT2D eigenvalue weighted by Crippen LogP contribution is 2.28. The first kappa shape index (κ1) is 24.2. The minimum Gasteiger partial charge on any atom is -0.378 e. The predicted octanol–water partition coefficient (Wildman–Crippen LogP) is 8.00. The summed E-state index contributed by atoms with van der Waals surface area (Å²) in [6, 6.07) is 28.4. The fourth-order valence-electron chi connectivity index (χ4n) is 4.62. The molecule has 0 aliphatic rings. The van der Waals surface area contributed by atoms with Gasteiger partial charge in [0, 0.05) is 29.4 Å². The molecule has 4 aromatic rings. The van der Waals surface area contributed by atoms with Crippen molar-refractivity contribution in [3.8, 4) is 0 Å². The van der Waals surface area contributed by atoms with E-state index < -0.39 is 0 Å². The number of aryl methyl sites for hydroxylation is 1. The highest BCUT2D eigenvalue weighted by molar-refractivity contribution is 5.86. The highest BCUT2D eigenvalue weighted by atomic mass is 16.6. The van der Waals surface area contributed by atoms with Crippen LogP contribution in [-0.2, 0) is 12.8 Å². The van der Waals surface area contributed by atoms with Crippen molar-refractivity contribution in [2.75, 3.05) is 0 Å². The van der Waals surface area contributed by atoms with E-state index >= 15 is 0 Å². The predicted molar refractivity (Wildman–Crippen MR) is 145 cm³/mol. The van der Waals surface area contributed by atoms with Crippen LogP contribution >= 0.6 is 0 Å². The molecular formula is C31H32N2O2. The quantitative estimate of drug-likeness (QED) is 0.191. The number of benzene rings is 4. The summed E-state index contributed by atoms with van der Waals surface area (Å²) in [5.41, 5.74) is 6.93. The summed E-state index contributed by atoms with van der Waals surface area (Å²) in [5.74, 6) is 0. The number of rotatable bonds is 10. The zero-order valence-electron chi connectivity index (χ0n) is 20.5. The van der Waals surface area contributed by atoms with Gasteiger partial charge in [-0.3, -0.25) is 10.1 Å². The van der Waals surface area contributed by atoms with Gasteiger partial charge in [0.05, 0.1) is 4.92 Å². The Bertz CT molecular complexity index is 1340. The summed E-state index contributed by atoms with van der Waals surface area (Å²) < 4.78 is 0. The van der Waals surface area contributed by atoms with Crippen molar-refractivity contribution in [2.24, 2.45) is 0 Å². The number of non-ortho nitro benzene ring substituents is 1. The number of nitro groups is 1. The van der Waals surface area contributed by atoms with Gasteiger partial charge in [-0.1, -0.05) is 86.7 Å². The van der Waals surface area contributed by atoms with Gasteiger partial charge in [0.1, 0.15) is 0 Å². The van der Waals surface area contributed by atoms with Crippen molar-refractivity contribution >= 4 is 22.2 Å². The van der Waals surface area contributed by atoms with E-state index in [2.05, 4.69) is 86.4 Å². The summed E-state index contributed by atoms with van der Waals surface area (Å²) >= 11 is 0. The molecular weight excluding hydrogens is 432 g/mol. The fourth-order valence-corrected chi connectivity index (χ4v) is 4.62. The van der Waals surface area contributed by atoms with Gasteiger partial charge in [-0.2, -0.15) is 0 Å². The van der Waals surface area contributed by atoms with Crippen LogP contribution in [-0.4, -0.2) is 4.92 Å². The van der Waals surface area contributed by atoms with Crippen molar-refractivity contribution in [3.63, 3.8) is 0 Å². The first-order chi connectivity index (χ1) is 17.0. The van der Waals surface area contributed by atoms with Crippen LogP contribution in [0.4, 0.5) is 5.69 Å². The number of hydrogen-bond donors (Lipinski definition) is 1. The van der Waals surface area contributed by atoms with Gasteiger partial charge in [-0.05, 0) is 65.3 Å². The molecule has 0 unspecified atom stereocenters. The van der Waals surface area contributed by atoms with Crippen LogP contribution in [0.5, 0.6) is 0 Å². The number of nitrogens with one attached hydrogen (secondary N) is 1. The second-order valence-corrected chi connectivity index (χ2v) is 9.11. The van der Waals surface area contributed by atoms with Gasteiger partial charge in [-0.25, -0.2) is 0 Å². The maximum absolute atomic E-state index is 11.0. The molecule has 0 saturated carbocycles. The van der Waals surface area contributed by atoms with Gasteiger partial charge in [0.2, 0.25) is 0 Å². The topological polar surface area (TPSA) is 55.2 Å². The van der Waals surface area contributed by atoms with E-state index in [1.165, 1.54) is 21.9 Å². The number of unbranched alkanes of at least 4 members (excludes halogenated alkanes) is 1. The molecule has 0 fully saturated rings. The van der Waals surface area contributed by atoms with Gasteiger partial charge in [0.15, 0.2) is 0 Å². The van der Waals surface area contributed by atoms with Crippen molar-refractivity contribution in [1.29, 1.82) is 0 Å². The third kappa shape index (κ3) is 5.78. The number of hydrogen-bond acceptors (Lipinski definition) is 3. The third-order valence-electron chi connectivity index (χ3n) is 6.54. The average Bonchev–Trinajstić information content (AvgIpc) is 2.87. The average molecular weight is 465 g/mol. The fraction of sp³-hybridized carbons (Fsp3) is 0.226. The minimum absolute atomic E-state index is 0.103. The summed E-state index contributed by atoms with van der Waals surface area (Å²) in [6.45, 7) is 8.82. The molecule has 178 valence electrons. The van der Waals surface area contributed by atoms with E-state index in [-0.39, 0.29) is 16.7 Å². The van der Waals surface area contributed by atoms with Gasteiger partial charge in [0.25, 0.3) is 5.69 Å². The molecule has 4 rings (SSSR count).